The van der Waals surface area contributed by atoms with Crippen LogP contribution < -0.4 is 15.6 Å². The van der Waals surface area contributed by atoms with E-state index < -0.39 is 0 Å². The van der Waals surface area contributed by atoms with Crippen molar-refractivity contribution in [2.45, 2.75) is 57.5 Å². The molecule has 144 valence electrons. The van der Waals surface area contributed by atoms with Crippen LogP contribution in [0.15, 0.2) is 41.2 Å². The number of hydrogen-bond donors (Lipinski definition) is 1. The van der Waals surface area contributed by atoms with Gasteiger partial charge in [-0.15, -0.1) is 0 Å². The molecule has 1 heterocycles. The molecule has 0 radical (unpaired) electrons. The second-order valence-electron chi connectivity index (χ2n) is 7.02. The van der Waals surface area contributed by atoms with E-state index in [4.69, 9.17) is 4.74 Å². The van der Waals surface area contributed by atoms with Crippen molar-refractivity contribution < 1.29 is 9.53 Å². The molecule has 6 nitrogen and oxygen atoms in total. The van der Waals surface area contributed by atoms with Crippen LogP contribution in [0.5, 0.6) is 5.75 Å². The van der Waals surface area contributed by atoms with Crippen molar-refractivity contribution in [2.75, 3.05) is 7.11 Å². The Labute approximate surface area is 159 Å². The molecule has 27 heavy (non-hydrogen) atoms. The molecule has 1 aliphatic carbocycles. The summed E-state index contributed by atoms with van der Waals surface area (Å²) in [6, 6.07) is 10.8. The summed E-state index contributed by atoms with van der Waals surface area (Å²) in [7, 11) is 1.59. The first-order valence-electron chi connectivity index (χ1n) is 9.68. The van der Waals surface area contributed by atoms with E-state index >= 15 is 0 Å². The highest BCUT2D eigenvalue weighted by molar-refractivity contribution is 5.76. The number of hydrogen-bond acceptors (Lipinski definition) is 4. The summed E-state index contributed by atoms with van der Waals surface area (Å²) in [4.78, 5) is 24.6. The van der Waals surface area contributed by atoms with E-state index in [0.29, 0.717) is 11.4 Å². The SMILES string of the molecule is COc1ccccc1-c1ccc(=O)n(CC(=O)NC2CCCCCCC2)n1. The molecule has 0 aliphatic heterocycles. The molecule has 6 heteroatoms. The summed E-state index contributed by atoms with van der Waals surface area (Å²) in [6.07, 6.45) is 8.06. The first kappa shape index (κ1) is 19.1. The lowest BCUT2D eigenvalue weighted by Crippen LogP contribution is -2.39. The van der Waals surface area contributed by atoms with Crippen LogP contribution in [0.1, 0.15) is 44.9 Å². The fourth-order valence-electron chi connectivity index (χ4n) is 3.57. The van der Waals surface area contributed by atoms with Crippen LogP contribution in [0.3, 0.4) is 0 Å². The number of ether oxygens (including phenoxy) is 1. The Morgan fingerprint density at radius 2 is 1.81 bits per heavy atom. The summed E-state index contributed by atoms with van der Waals surface area (Å²) >= 11 is 0. The lowest BCUT2D eigenvalue weighted by Gasteiger charge is -2.21. The molecule has 3 rings (SSSR count). The number of para-hydroxylation sites is 1. The maximum Gasteiger partial charge on any atom is 0.267 e. The van der Waals surface area contributed by atoms with Crippen LogP contribution in [0.25, 0.3) is 11.3 Å². The smallest absolute Gasteiger partial charge is 0.267 e. The third-order valence-corrected chi connectivity index (χ3v) is 5.01. The molecule has 1 aromatic heterocycles. The highest BCUT2D eigenvalue weighted by Gasteiger charge is 2.16. The number of carbonyl (C=O) groups is 1. The van der Waals surface area contributed by atoms with Gasteiger partial charge in [-0.1, -0.05) is 44.2 Å². The average Bonchev–Trinajstić information content (AvgIpc) is 2.65. The van der Waals surface area contributed by atoms with Crippen LogP contribution >= 0.6 is 0 Å². The van der Waals surface area contributed by atoms with Gasteiger partial charge >= 0.3 is 0 Å². The standard InChI is InChI=1S/C21H27N3O3/c1-27-19-12-8-7-11-17(19)18-13-14-21(26)24(23-18)15-20(25)22-16-9-5-3-2-4-6-10-16/h7-8,11-14,16H,2-6,9-10,15H2,1H3,(H,22,25). The summed E-state index contributed by atoms with van der Waals surface area (Å²) in [5.74, 6) is 0.515. The third kappa shape index (κ3) is 5.18. The van der Waals surface area contributed by atoms with E-state index in [2.05, 4.69) is 10.4 Å². The van der Waals surface area contributed by atoms with Crippen molar-refractivity contribution in [1.82, 2.24) is 15.1 Å². The van der Waals surface area contributed by atoms with E-state index in [9.17, 15) is 9.59 Å². The predicted molar refractivity (Wildman–Crippen MR) is 105 cm³/mol. The molecule has 1 amide bonds. The zero-order valence-corrected chi connectivity index (χ0v) is 15.8. The number of amides is 1. The maximum atomic E-state index is 12.5. The van der Waals surface area contributed by atoms with Crippen LogP contribution in [-0.2, 0) is 11.3 Å². The highest BCUT2D eigenvalue weighted by Crippen LogP contribution is 2.27. The summed E-state index contributed by atoms with van der Waals surface area (Å²) in [6.45, 7) is -0.0711. The van der Waals surface area contributed by atoms with Gasteiger partial charge in [0.15, 0.2) is 0 Å². The van der Waals surface area contributed by atoms with Gasteiger partial charge in [0.05, 0.1) is 12.8 Å². The molecule has 1 fully saturated rings. The van der Waals surface area contributed by atoms with Crippen molar-refractivity contribution in [3.63, 3.8) is 0 Å². The second kappa shape index (κ2) is 9.35. The van der Waals surface area contributed by atoms with Crippen molar-refractivity contribution in [3.05, 3.63) is 46.8 Å². The molecule has 1 N–H and O–H groups in total. The molecule has 1 aromatic carbocycles. The van der Waals surface area contributed by atoms with E-state index in [-0.39, 0.29) is 24.1 Å². The number of benzene rings is 1. The third-order valence-electron chi connectivity index (χ3n) is 5.01. The number of nitrogens with zero attached hydrogens (tertiary/aromatic N) is 2. The maximum absolute atomic E-state index is 12.5. The molecular weight excluding hydrogens is 342 g/mol. The highest BCUT2D eigenvalue weighted by atomic mass is 16.5. The molecule has 2 aromatic rings. The molecule has 0 atom stereocenters. The van der Waals surface area contributed by atoms with Crippen LogP contribution in [0.2, 0.25) is 0 Å². The van der Waals surface area contributed by atoms with Crippen molar-refractivity contribution in [3.8, 4) is 17.0 Å². The van der Waals surface area contributed by atoms with Crippen molar-refractivity contribution in [1.29, 1.82) is 0 Å². The minimum atomic E-state index is -0.290. The van der Waals surface area contributed by atoms with Gasteiger partial charge in [0.25, 0.3) is 5.56 Å². The monoisotopic (exact) mass is 369 g/mol. The van der Waals surface area contributed by atoms with E-state index in [1.807, 2.05) is 24.3 Å². The lowest BCUT2D eigenvalue weighted by atomic mass is 9.97. The molecule has 0 saturated heterocycles. The van der Waals surface area contributed by atoms with Gasteiger partial charge in [0.2, 0.25) is 5.91 Å². The second-order valence-corrected chi connectivity index (χ2v) is 7.02. The van der Waals surface area contributed by atoms with Crippen LogP contribution in [0, 0.1) is 0 Å². The Balaban J connectivity index is 1.72. The summed E-state index contributed by atoms with van der Waals surface area (Å²) in [5.41, 5.74) is 1.10. The van der Waals surface area contributed by atoms with E-state index in [0.717, 1.165) is 31.2 Å². The number of carbonyl (C=O) groups excluding carboxylic acids is 1. The summed E-state index contributed by atoms with van der Waals surface area (Å²) in [5, 5.41) is 7.46. The molecule has 0 bridgehead atoms. The number of nitrogens with one attached hydrogen (secondary N) is 1. The van der Waals surface area contributed by atoms with Gasteiger partial charge in [0, 0.05) is 17.7 Å². The molecule has 0 unspecified atom stereocenters. The lowest BCUT2D eigenvalue weighted by molar-refractivity contribution is -0.122. The number of methoxy groups -OCH3 is 1. The Hall–Kier alpha value is -2.63. The molecule has 1 aliphatic rings. The Morgan fingerprint density at radius 3 is 2.56 bits per heavy atom. The zero-order chi connectivity index (χ0) is 19.1. The van der Waals surface area contributed by atoms with Crippen LogP contribution in [-0.4, -0.2) is 28.8 Å². The predicted octanol–water partition coefficient (Wildman–Crippen LogP) is 3.15. The largest absolute Gasteiger partial charge is 0.496 e. The zero-order valence-electron chi connectivity index (χ0n) is 15.8. The Kier molecular flexibility index (Phi) is 6.63. The van der Waals surface area contributed by atoms with Crippen molar-refractivity contribution in [2.24, 2.45) is 0 Å². The topological polar surface area (TPSA) is 73.2 Å². The first-order valence-corrected chi connectivity index (χ1v) is 9.68. The molecular formula is C21H27N3O3. The van der Waals surface area contributed by atoms with Crippen LogP contribution in [0.4, 0.5) is 0 Å². The number of aromatic nitrogens is 2. The van der Waals surface area contributed by atoms with Gasteiger partial charge < -0.3 is 10.1 Å². The normalized spacial score (nSPS) is 15.6. The minimum absolute atomic E-state index is 0.0711. The molecule has 0 spiro atoms. The van der Waals surface area contributed by atoms with E-state index in [1.54, 1.807) is 13.2 Å². The van der Waals surface area contributed by atoms with Gasteiger partial charge in [-0.3, -0.25) is 9.59 Å². The minimum Gasteiger partial charge on any atom is -0.496 e. The Bertz CT molecular complexity index is 823. The first-order chi connectivity index (χ1) is 13.2. The number of rotatable bonds is 5. The summed E-state index contributed by atoms with van der Waals surface area (Å²) < 4.78 is 6.59. The van der Waals surface area contributed by atoms with Gasteiger partial charge in [0.1, 0.15) is 12.3 Å². The fraction of sp³-hybridized carbons (Fsp3) is 0.476. The van der Waals surface area contributed by atoms with Gasteiger partial charge in [-0.2, -0.15) is 5.10 Å². The van der Waals surface area contributed by atoms with Gasteiger partial charge in [-0.25, -0.2) is 4.68 Å². The average molecular weight is 369 g/mol. The molecule has 1 saturated carbocycles. The Morgan fingerprint density at radius 1 is 1.11 bits per heavy atom. The van der Waals surface area contributed by atoms with E-state index in [1.165, 1.54) is 30.0 Å². The fourth-order valence-corrected chi connectivity index (χ4v) is 3.57. The van der Waals surface area contributed by atoms with Crippen molar-refractivity contribution >= 4 is 5.91 Å². The quantitative estimate of drug-likeness (QED) is 0.879. The van der Waals surface area contributed by atoms with Gasteiger partial charge in [-0.05, 0) is 31.0 Å².